The van der Waals surface area contributed by atoms with Crippen LogP contribution in [-0.4, -0.2) is 32.2 Å². The van der Waals surface area contributed by atoms with Gasteiger partial charge in [0, 0.05) is 5.39 Å². The molecule has 0 saturated carbocycles. The zero-order chi connectivity index (χ0) is 17.0. The number of hydroxylamine groups is 2. The molecular weight excluding hydrogens is 292 g/mol. The van der Waals surface area contributed by atoms with Crippen molar-refractivity contribution >= 4 is 22.4 Å². The van der Waals surface area contributed by atoms with Crippen LogP contribution in [0.5, 0.6) is 0 Å². The van der Waals surface area contributed by atoms with Crippen LogP contribution in [0.2, 0.25) is 0 Å². The number of pyridine rings is 1. The summed E-state index contributed by atoms with van der Waals surface area (Å²) in [5, 5.41) is 23.7. The van der Waals surface area contributed by atoms with E-state index >= 15 is 0 Å². The predicted molar refractivity (Wildman–Crippen MR) is 87.4 cm³/mol. The lowest BCUT2D eigenvalue weighted by Gasteiger charge is -2.33. The number of fused-ring (bicyclic) bond motifs is 1. The van der Waals surface area contributed by atoms with Crippen molar-refractivity contribution < 1.29 is 15.1 Å². The van der Waals surface area contributed by atoms with E-state index in [1.807, 2.05) is 39.8 Å². The fraction of sp³-hybridized carbons (Fsp3) is 0.333. The minimum atomic E-state index is -1.00. The Kier molecular flexibility index (Phi) is 3.32. The first-order valence-corrected chi connectivity index (χ1v) is 7.49. The van der Waals surface area contributed by atoms with Crippen LogP contribution in [0.15, 0.2) is 36.4 Å². The predicted octanol–water partition coefficient (Wildman–Crippen LogP) is 3.53. The first-order valence-electron chi connectivity index (χ1n) is 7.49. The molecule has 0 saturated heterocycles. The van der Waals surface area contributed by atoms with Crippen molar-refractivity contribution in [2.45, 2.75) is 38.8 Å². The standard InChI is InChI=1S/C18H19N2O3/c1-17(2)10-13(18(3,4)20(17)23)15-9-12(16(21)22)11-7-5-6-8-14(11)19-15/h5-10H,1-4H3,(H,21,22). The third kappa shape index (κ3) is 2.33. The molecule has 5 nitrogen and oxygen atoms in total. The summed E-state index contributed by atoms with van der Waals surface area (Å²) in [6, 6.07) is 8.70. The van der Waals surface area contributed by atoms with E-state index in [0.717, 1.165) is 10.6 Å². The fourth-order valence-electron chi connectivity index (χ4n) is 3.30. The van der Waals surface area contributed by atoms with Crippen LogP contribution in [0.1, 0.15) is 43.7 Å². The van der Waals surface area contributed by atoms with Gasteiger partial charge in [0.1, 0.15) is 0 Å². The Balaban J connectivity index is 2.27. The Morgan fingerprint density at radius 1 is 1.17 bits per heavy atom. The van der Waals surface area contributed by atoms with Gasteiger partial charge in [-0.25, -0.2) is 9.78 Å². The molecule has 0 spiro atoms. The quantitative estimate of drug-likeness (QED) is 0.920. The maximum Gasteiger partial charge on any atom is 0.336 e. The molecule has 2 aromatic rings. The molecule has 0 fully saturated rings. The van der Waals surface area contributed by atoms with Gasteiger partial charge >= 0.3 is 5.97 Å². The second kappa shape index (κ2) is 4.88. The molecule has 2 heterocycles. The van der Waals surface area contributed by atoms with Crippen molar-refractivity contribution in [2.75, 3.05) is 0 Å². The molecule has 1 N–H and O–H groups in total. The van der Waals surface area contributed by atoms with Crippen LogP contribution in [0.3, 0.4) is 0 Å². The highest BCUT2D eigenvalue weighted by Gasteiger charge is 2.47. The van der Waals surface area contributed by atoms with Gasteiger partial charge in [0.2, 0.25) is 0 Å². The van der Waals surface area contributed by atoms with Crippen molar-refractivity contribution in [1.29, 1.82) is 0 Å². The van der Waals surface area contributed by atoms with Crippen LogP contribution in [0.25, 0.3) is 16.5 Å². The van der Waals surface area contributed by atoms with Crippen LogP contribution >= 0.6 is 0 Å². The monoisotopic (exact) mass is 311 g/mol. The molecular formula is C18H19N2O3. The SMILES string of the molecule is CC1(C)C=C(c2cc(C(=O)O)c3ccccc3n2)C(C)(C)N1[O]. The van der Waals surface area contributed by atoms with E-state index in [2.05, 4.69) is 4.98 Å². The third-order valence-corrected chi connectivity index (χ3v) is 4.41. The number of carboxylic acids is 1. The number of hydrogen-bond donors (Lipinski definition) is 1. The number of hydrogen-bond acceptors (Lipinski definition) is 3. The molecule has 3 rings (SSSR count). The molecule has 0 unspecified atom stereocenters. The number of carboxylic acid groups (broad SMARTS) is 1. The van der Waals surface area contributed by atoms with Crippen molar-refractivity contribution in [3.05, 3.63) is 47.7 Å². The summed E-state index contributed by atoms with van der Waals surface area (Å²) in [6.45, 7) is 7.34. The number of carbonyl (C=O) groups is 1. The first-order chi connectivity index (χ1) is 10.6. The summed E-state index contributed by atoms with van der Waals surface area (Å²) < 4.78 is 0. The zero-order valence-corrected chi connectivity index (χ0v) is 13.6. The highest BCUT2D eigenvalue weighted by atomic mass is 16.5. The number of aromatic carboxylic acids is 1. The van der Waals surface area contributed by atoms with E-state index in [-0.39, 0.29) is 5.56 Å². The maximum atomic E-state index is 12.5. The average molecular weight is 311 g/mol. The largest absolute Gasteiger partial charge is 0.478 e. The number of aromatic nitrogens is 1. The zero-order valence-electron chi connectivity index (χ0n) is 13.6. The second-order valence-electron chi connectivity index (χ2n) is 6.94. The summed E-state index contributed by atoms with van der Waals surface area (Å²) in [6.07, 6.45) is 1.88. The number of rotatable bonds is 2. The van der Waals surface area contributed by atoms with Gasteiger partial charge in [0.25, 0.3) is 0 Å². The maximum absolute atomic E-state index is 12.5. The molecule has 0 aliphatic carbocycles. The van der Waals surface area contributed by atoms with Crippen LogP contribution in [-0.2, 0) is 5.21 Å². The van der Waals surface area contributed by atoms with E-state index in [4.69, 9.17) is 0 Å². The Morgan fingerprint density at radius 2 is 1.83 bits per heavy atom. The van der Waals surface area contributed by atoms with Gasteiger partial charge in [0.05, 0.1) is 27.9 Å². The normalized spacial score (nSPS) is 19.8. The van der Waals surface area contributed by atoms with Crippen molar-refractivity contribution in [3.8, 4) is 0 Å². The molecule has 1 aromatic carbocycles. The molecule has 0 bridgehead atoms. The van der Waals surface area contributed by atoms with E-state index in [0.29, 0.717) is 16.6 Å². The molecule has 119 valence electrons. The van der Waals surface area contributed by atoms with Crippen molar-refractivity contribution in [1.82, 2.24) is 10.0 Å². The highest BCUT2D eigenvalue weighted by Crippen LogP contribution is 2.43. The molecule has 1 radical (unpaired) electrons. The Labute approximate surface area is 134 Å². The van der Waals surface area contributed by atoms with Gasteiger partial charge in [0.15, 0.2) is 0 Å². The molecule has 23 heavy (non-hydrogen) atoms. The topological polar surface area (TPSA) is 73.3 Å². The van der Waals surface area contributed by atoms with Gasteiger partial charge in [-0.2, -0.15) is 0 Å². The van der Waals surface area contributed by atoms with Gasteiger partial charge in [-0.05, 0) is 45.4 Å². The molecule has 5 heteroatoms. The fourth-order valence-corrected chi connectivity index (χ4v) is 3.30. The molecule has 0 amide bonds. The van der Waals surface area contributed by atoms with Crippen molar-refractivity contribution in [2.24, 2.45) is 0 Å². The lowest BCUT2D eigenvalue weighted by atomic mass is 9.92. The van der Waals surface area contributed by atoms with Gasteiger partial charge in [-0.15, -0.1) is 10.3 Å². The van der Waals surface area contributed by atoms with Crippen LogP contribution < -0.4 is 0 Å². The minimum Gasteiger partial charge on any atom is -0.478 e. The highest BCUT2D eigenvalue weighted by molar-refractivity contribution is 6.03. The molecule has 1 aliphatic rings. The smallest absolute Gasteiger partial charge is 0.336 e. The van der Waals surface area contributed by atoms with Crippen molar-refractivity contribution in [3.63, 3.8) is 0 Å². The molecule has 1 aliphatic heterocycles. The summed E-state index contributed by atoms with van der Waals surface area (Å²) >= 11 is 0. The van der Waals surface area contributed by atoms with E-state index in [1.165, 1.54) is 0 Å². The molecule has 0 atom stereocenters. The second-order valence-corrected chi connectivity index (χ2v) is 6.94. The Morgan fingerprint density at radius 3 is 2.39 bits per heavy atom. The number of para-hydroxylation sites is 1. The van der Waals surface area contributed by atoms with Gasteiger partial charge < -0.3 is 5.11 Å². The number of benzene rings is 1. The summed E-state index contributed by atoms with van der Waals surface area (Å²) in [7, 11) is 0. The summed E-state index contributed by atoms with van der Waals surface area (Å²) in [5.41, 5.74) is 0.679. The van der Waals surface area contributed by atoms with E-state index < -0.39 is 17.0 Å². The first kappa shape index (κ1) is 15.6. The molecule has 1 aromatic heterocycles. The van der Waals surface area contributed by atoms with E-state index in [9.17, 15) is 15.1 Å². The van der Waals surface area contributed by atoms with Crippen LogP contribution in [0, 0.1) is 0 Å². The minimum absolute atomic E-state index is 0.199. The lowest BCUT2D eigenvalue weighted by molar-refractivity contribution is -0.234. The van der Waals surface area contributed by atoms with Crippen LogP contribution in [0.4, 0.5) is 0 Å². The van der Waals surface area contributed by atoms with E-state index in [1.54, 1.807) is 24.3 Å². The Hall–Kier alpha value is -2.24. The van der Waals surface area contributed by atoms with Gasteiger partial charge in [-0.3, -0.25) is 0 Å². The van der Waals surface area contributed by atoms with Gasteiger partial charge in [-0.1, -0.05) is 24.3 Å². The summed E-state index contributed by atoms with van der Waals surface area (Å²) in [4.78, 5) is 16.2. The number of nitrogens with zero attached hydrogens (tertiary/aromatic N) is 2. The third-order valence-electron chi connectivity index (χ3n) is 4.41. The Bertz CT molecular complexity index is 837. The average Bonchev–Trinajstić information content (AvgIpc) is 2.66. The lowest BCUT2D eigenvalue weighted by Crippen LogP contribution is -2.46. The summed E-state index contributed by atoms with van der Waals surface area (Å²) in [5.74, 6) is -1.00.